The Labute approximate surface area is 139 Å². The molecule has 120 valence electrons. The number of hydrogen-bond donors (Lipinski definition) is 1. The van der Waals surface area contributed by atoms with Gasteiger partial charge in [0.1, 0.15) is 11.3 Å². The van der Waals surface area contributed by atoms with Crippen molar-refractivity contribution in [1.82, 2.24) is 10.2 Å². The van der Waals surface area contributed by atoms with Crippen LogP contribution in [0.1, 0.15) is 19.4 Å². The van der Waals surface area contributed by atoms with Crippen LogP contribution in [0.5, 0.6) is 5.75 Å². The molecule has 0 atom stereocenters. The third-order valence-corrected chi connectivity index (χ3v) is 4.63. The lowest BCUT2D eigenvalue weighted by Crippen LogP contribution is -2.40. The highest BCUT2D eigenvalue weighted by Gasteiger charge is 2.43. The Morgan fingerprint density at radius 3 is 2.68 bits per heavy atom. The predicted molar refractivity (Wildman–Crippen MR) is 88.5 cm³/mol. The largest absolute Gasteiger partial charge is 0.496 e. The normalized spacial score (nSPS) is 16.8. The third kappa shape index (κ3) is 3.67. The fourth-order valence-electron chi connectivity index (χ4n) is 2.22. The van der Waals surface area contributed by atoms with E-state index in [0.717, 1.165) is 11.3 Å². The van der Waals surface area contributed by atoms with Crippen LogP contribution in [0.3, 0.4) is 0 Å². The lowest BCUT2D eigenvalue weighted by atomic mass is 10.1. The SMILES string of the molecule is COc1ccc(Cl)cc1CSCCN1C(=O)NC(C)(C)C1=O. The summed E-state index contributed by atoms with van der Waals surface area (Å²) < 4.78 is 5.29. The van der Waals surface area contributed by atoms with Crippen molar-refractivity contribution in [3.63, 3.8) is 0 Å². The van der Waals surface area contributed by atoms with E-state index in [2.05, 4.69) is 5.32 Å². The highest BCUT2D eigenvalue weighted by Crippen LogP contribution is 2.27. The maximum atomic E-state index is 12.0. The number of benzene rings is 1. The second-order valence-electron chi connectivity index (χ2n) is 5.52. The van der Waals surface area contributed by atoms with E-state index in [0.29, 0.717) is 23.1 Å². The molecule has 1 aliphatic heterocycles. The van der Waals surface area contributed by atoms with Crippen LogP contribution in [0.4, 0.5) is 4.79 Å². The molecular weight excluding hydrogens is 324 g/mol. The number of nitrogens with one attached hydrogen (secondary N) is 1. The van der Waals surface area contributed by atoms with E-state index in [9.17, 15) is 9.59 Å². The van der Waals surface area contributed by atoms with Crippen LogP contribution in [-0.4, -0.2) is 41.8 Å². The first-order chi connectivity index (χ1) is 10.3. The van der Waals surface area contributed by atoms with Crippen LogP contribution in [0, 0.1) is 0 Å². The number of hydrogen-bond acceptors (Lipinski definition) is 4. The monoisotopic (exact) mass is 342 g/mol. The Balaban J connectivity index is 1.87. The van der Waals surface area contributed by atoms with Gasteiger partial charge in [-0.05, 0) is 32.0 Å². The van der Waals surface area contributed by atoms with E-state index in [-0.39, 0.29) is 11.9 Å². The van der Waals surface area contributed by atoms with Gasteiger partial charge in [-0.3, -0.25) is 9.69 Å². The van der Waals surface area contributed by atoms with Gasteiger partial charge >= 0.3 is 6.03 Å². The van der Waals surface area contributed by atoms with Crippen LogP contribution in [0.25, 0.3) is 0 Å². The molecule has 0 saturated carbocycles. The van der Waals surface area contributed by atoms with Gasteiger partial charge in [-0.1, -0.05) is 11.6 Å². The van der Waals surface area contributed by atoms with Crippen molar-refractivity contribution >= 4 is 35.3 Å². The predicted octanol–water partition coefficient (Wildman–Crippen LogP) is 2.91. The van der Waals surface area contributed by atoms with Crippen LogP contribution < -0.4 is 10.1 Å². The number of thioether (sulfide) groups is 1. The Hall–Kier alpha value is -1.40. The highest BCUT2D eigenvalue weighted by atomic mass is 35.5. The average molecular weight is 343 g/mol. The second kappa shape index (κ2) is 6.79. The average Bonchev–Trinajstić information content (AvgIpc) is 2.65. The lowest BCUT2D eigenvalue weighted by molar-refractivity contribution is -0.130. The molecule has 0 unspecified atom stereocenters. The molecule has 1 saturated heterocycles. The van der Waals surface area contributed by atoms with E-state index < -0.39 is 5.54 Å². The topological polar surface area (TPSA) is 58.6 Å². The zero-order valence-corrected chi connectivity index (χ0v) is 14.4. The van der Waals surface area contributed by atoms with Crippen LogP contribution in [0.2, 0.25) is 5.02 Å². The molecule has 1 heterocycles. The molecule has 1 aromatic rings. The van der Waals surface area contributed by atoms with Crippen molar-refractivity contribution in [3.05, 3.63) is 28.8 Å². The highest BCUT2D eigenvalue weighted by molar-refractivity contribution is 7.98. The molecule has 0 aromatic heterocycles. The molecule has 7 heteroatoms. The van der Waals surface area contributed by atoms with Crippen molar-refractivity contribution in [2.24, 2.45) is 0 Å². The summed E-state index contributed by atoms with van der Waals surface area (Å²) >= 11 is 7.61. The van der Waals surface area contributed by atoms with Gasteiger partial charge in [-0.2, -0.15) is 11.8 Å². The zero-order chi connectivity index (χ0) is 16.3. The van der Waals surface area contributed by atoms with Crippen molar-refractivity contribution in [2.45, 2.75) is 25.1 Å². The first kappa shape index (κ1) is 17.0. The molecule has 0 spiro atoms. The standard InChI is InChI=1S/C15H19ClN2O3S/c1-15(2)13(19)18(14(20)17-15)6-7-22-9-10-8-11(16)4-5-12(10)21-3/h4-5,8H,6-7,9H2,1-3H3,(H,17,20). The molecule has 1 aliphatic rings. The number of carbonyl (C=O) groups is 2. The van der Waals surface area contributed by atoms with Crippen molar-refractivity contribution in [3.8, 4) is 5.75 Å². The van der Waals surface area contributed by atoms with Crippen LogP contribution in [-0.2, 0) is 10.5 Å². The Bertz CT molecular complexity index is 592. The maximum absolute atomic E-state index is 12.0. The number of amides is 3. The number of imide groups is 1. The third-order valence-electron chi connectivity index (χ3n) is 3.40. The van der Waals surface area contributed by atoms with E-state index in [1.54, 1.807) is 38.8 Å². The molecule has 1 fully saturated rings. The fraction of sp³-hybridized carbons (Fsp3) is 0.467. The molecule has 22 heavy (non-hydrogen) atoms. The van der Waals surface area contributed by atoms with E-state index in [1.807, 2.05) is 12.1 Å². The molecule has 3 amide bonds. The van der Waals surface area contributed by atoms with Crippen LogP contribution >= 0.6 is 23.4 Å². The fourth-order valence-corrected chi connectivity index (χ4v) is 3.32. The minimum Gasteiger partial charge on any atom is -0.496 e. The Morgan fingerprint density at radius 1 is 1.36 bits per heavy atom. The molecule has 0 bridgehead atoms. The first-order valence-corrected chi connectivity index (χ1v) is 8.42. The summed E-state index contributed by atoms with van der Waals surface area (Å²) in [5, 5.41) is 3.33. The maximum Gasteiger partial charge on any atom is 0.325 e. The van der Waals surface area contributed by atoms with Gasteiger partial charge in [0.25, 0.3) is 5.91 Å². The number of rotatable bonds is 6. The molecule has 2 rings (SSSR count). The molecule has 1 N–H and O–H groups in total. The van der Waals surface area contributed by atoms with Gasteiger partial charge < -0.3 is 10.1 Å². The van der Waals surface area contributed by atoms with Gasteiger partial charge in [0.05, 0.1) is 7.11 Å². The zero-order valence-electron chi connectivity index (χ0n) is 12.8. The summed E-state index contributed by atoms with van der Waals surface area (Å²) in [6.07, 6.45) is 0. The number of ether oxygens (including phenoxy) is 1. The smallest absolute Gasteiger partial charge is 0.325 e. The number of carbonyl (C=O) groups excluding carboxylic acids is 2. The molecule has 1 aromatic carbocycles. The van der Waals surface area contributed by atoms with E-state index in [1.165, 1.54) is 4.90 Å². The van der Waals surface area contributed by atoms with Crippen molar-refractivity contribution in [1.29, 1.82) is 0 Å². The summed E-state index contributed by atoms with van der Waals surface area (Å²) in [4.78, 5) is 25.1. The summed E-state index contributed by atoms with van der Waals surface area (Å²) in [6, 6.07) is 5.16. The molecular formula is C15H19ClN2O3S. The van der Waals surface area contributed by atoms with E-state index in [4.69, 9.17) is 16.3 Å². The quantitative estimate of drug-likeness (QED) is 0.638. The van der Waals surface area contributed by atoms with Gasteiger partial charge in [0.2, 0.25) is 0 Å². The first-order valence-electron chi connectivity index (χ1n) is 6.89. The lowest BCUT2D eigenvalue weighted by Gasteiger charge is -2.16. The number of nitrogens with zero attached hydrogens (tertiary/aromatic N) is 1. The van der Waals surface area contributed by atoms with Gasteiger partial charge in [0, 0.05) is 28.6 Å². The number of methoxy groups -OCH3 is 1. The van der Waals surface area contributed by atoms with Crippen molar-refractivity contribution in [2.75, 3.05) is 19.4 Å². The molecule has 5 nitrogen and oxygen atoms in total. The van der Waals surface area contributed by atoms with E-state index >= 15 is 0 Å². The number of halogens is 1. The Morgan fingerprint density at radius 2 is 2.09 bits per heavy atom. The number of urea groups is 1. The van der Waals surface area contributed by atoms with Gasteiger partial charge in [0.15, 0.2) is 0 Å². The molecule has 0 aliphatic carbocycles. The second-order valence-corrected chi connectivity index (χ2v) is 7.06. The minimum atomic E-state index is -0.808. The summed E-state index contributed by atoms with van der Waals surface area (Å²) in [5.74, 6) is 1.97. The summed E-state index contributed by atoms with van der Waals surface area (Å²) in [5.41, 5.74) is 0.190. The Kier molecular flexibility index (Phi) is 5.24. The molecule has 0 radical (unpaired) electrons. The van der Waals surface area contributed by atoms with Crippen LogP contribution in [0.15, 0.2) is 18.2 Å². The summed E-state index contributed by atoms with van der Waals surface area (Å²) in [7, 11) is 1.62. The minimum absolute atomic E-state index is 0.182. The van der Waals surface area contributed by atoms with Gasteiger partial charge in [-0.15, -0.1) is 0 Å². The van der Waals surface area contributed by atoms with Gasteiger partial charge in [-0.25, -0.2) is 4.79 Å². The summed E-state index contributed by atoms with van der Waals surface area (Å²) in [6.45, 7) is 3.80. The van der Waals surface area contributed by atoms with Crippen molar-refractivity contribution < 1.29 is 14.3 Å².